The number of nitrogens with zero attached hydrogens (tertiary/aromatic N) is 4. The Labute approximate surface area is 181 Å². The summed E-state index contributed by atoms with van der Waals surface area (Å²) >= 11 is 12.2. The summed E-state index contributed by atoms with van der Waals surface area (Å²) < 4.78 is 0. The molecule has 0 atom stereocenters. The molecule has 0 aliphatic carbocycles. The van der Waals surface area contributed by atoms with Crippen molar-refractivity contribution in [3.05, 3.63) is 80.7 Å². The standard InChI is InChI=1S/C20H14Cl2N6O2/c1-11-8-9-12-4-2-7-15(17(12)25-11)27-20-18(28(29)30)19(23-10-24-20)26-14-6-3-5-13(21)16(14)22/h2-10H,1H3,(H2,23,24,26,27). The molecule has 2 N–H and O–H groups in total. The van der Waals surface area contributed by atoms with Crippen molar-refractivity contribution in [2.45, 2.75) is 6.92 Å². The molecule has 10 heteroatoms. The largest absolute Gasteiger partial charge is 0.353 e. The number of pyridine rings is 1. The van der Waals surface area contributed by atoms with Gasteiger partial charge in [-0.05, 0) is 31.2 Å². The second-order valence-electron chi connectivity index (χ2n) is 6.36. The zero-order valence-corrected chi connectivity index (χ0v) is 17.1. The summed E-state index contributed by atoms with van der Waals surface area (Å²) in [7, 11) is 0. The molecule has 0 fully saturated rings. The van der Waals surface area contributed by atoms with Gasteiger partial charge in [0.05, 0.1) is 31.9 Å². The second-order valence-corrected chi connectivity index (χ2v) is 7.14. The van der Waals surface area contributed by atoms with Gasteiger partial charge >= 0.3 is 5.69 Å². The van der Waals surface area contributed by atoms with Gasteiger partial charge in [-0.15, -0.1) is 0 Å². The molecule has 8 nitrogen and oxygen atoms in total. The van der Waals surface area contributed by atoms with E-state index in [4.69, 9.17) is 23.2 Å². The number of nitrogens with one attached hydrogen (secondary N) is 2. The van der Waals surface area contributed by atoms with Gasteiger partial charge < -0.3 is 10.6 Å². The normalized spacial score (nSPS) is 10.8. The molecule has 0 amide bonds. The Morgan fingerprint density at radius 3 is 2.33 bits per heavy atom. The molecule has 0 aliphatic heterocycles. The highest BCUT2D eigenvalue weighted by Gasteiger charge is 2.24. The fraction of sp³-hybridized carbons (Fsp3) is 0.0500. The van der Waals surface area contributed by atoms with Gasteiger partial charge in [0.2, 0.25) is 11.6 Å². The topological polar surface area (TPSA) is 106 Å². The predicted octanol–water partition coefficient (Wildman–Crippen LogP) is 6.04. The number of anilines is 4. The maximum atomic E-state index is 11.9. The minimum atomic E-state index is -0.563. The zero-order chi connectivity index (χ0) is 21.3. The van der Waals surface area contributed by atoms with Crippen molar-refractivity contribution in [2.75, 3.05) is 10.6 Å². The molecule has 0 unspecified atom stereocenters. The number of nitro groups is 1. The number of fused-ring (bicyclic) bond motifs is 1. The summed E-state index contributed by atoms with van der Waals surface area (Å²) in [5.41, 5.74) is 2.15. The summed E-state index contributed by atoms with van der Waals surface area (Å²) in [6, 6.07) is 14.3. The van der Waals surface area contributed by atoms with Gasteiger partial charge in [-0.3, -0.25) is 15.1 Å². The Hall–Kier alpha value is -3.49. The Morgan fingerprint density at radius 2 is 1.60 bits per heavy atom. The van der Waals surface area contributed by atoms with Crippen LogP contribution in [0.4, 0.5) is 28.7 Å². The van der Waals surface area contributed by atoms with Crippen LogP contribution in [-0.4, -0.2) is 19.9 Å². The van der Waals surface area contributed by atoms with Crippen molar-refractivity contribution < 1.29 is 4.92 Å². The molecule has 0 bridgehead atoms. The minimum Gasteiger partial charge on any atom is -0.333 e. The van der Waals surface area contributed by atoms with E-state index in [1.807, 2.05) is 31.2 Å². The third-order valence-electron chi connectivity index (χ3n) is 4.32. The lowest BCUT2D eigenvalue weighted by atomic mass is 10.1. The summed E-state index contributed by atoms with van der Waals surface area (Å²) in [5, 5.41) is 19.2. The average Bonchev–Trinajstić information content (AvgIpc) is 2.72. The van der Waals surface area contributed by atoms with Crippen LogP contribution in [0, 0.1) is 17.0 Å². The molecule has 4 aromatic rings. The Morgan fingerprint density at radius 1 is 0.933 bits per heavy atom. The molecule has 0 radical (unpaired) electrons. The van der Waals surface area contributed by atoms with Crippen LogP contribution in [0.15, 0.2) is 54.9 Å². The van der Waals surface area contributed by atoms with Gasteiger partial charge in [-0.2, -0.15) is 0 Å². The Balaban J connectivity index is 1.78. The third-order valence-corrected chi connectivity index (χ3v) is 5.14. The van der Waals surface area contributed by atoms with E-state index < -0.39 is 4.92 Å². The summed E-state index contributed by atoms with van der Waals surface area (Å²) in [6.45, 7) is 1.88. The van der Waals surface area contributed by atoms with E-state index >= 15 is 0 Å². The van der Waals surface area contributed by atoms with Crippen LogP contribution in [0.2, 0.25) is 10.0 Å². The van der Waals surface area contributed by atoms with Crippen molar-refractivity contribution in [1.82, 2.24) is 15.0 Å². The average molecular weight is 441 g/mol. The van der Waals surface area contributed by atoms with E-state index in [1.54, 1.807) is 24.3 Å². The first kappa shape index (κ1) is 19.8. The van der Waals surface area contributed by atoms with E-state index in [1.165, 1.54) is 6.33 Å². The van der Waals surface area contributed by atoms with Crippen molar-refractivity contribution in [1.29, 1.82) is 0 Å². The van der Waals surface area contributed by atoms with Crippen LogP contribution in [0.1, 0.15) is 5.69 Å². The van der Waals surface area contributed by atoms with Gasteiger partial charge in [-0.25, -0.2) is 9.97 Å². The first-order valence-electron chi connectivity index (χ1n) is 8.78. The molecule has 2 heterocycles. The van der Waals surface area contributed by atoms with Gasteiger partial charge in [0.15, 0.2) is 0 Å². The number of benzene rings is 2. The van der Waals surface area contributed by atoms with Gasteiger partial charge in [0.1, 0.15) is 6.33 Å². The first-order chi connectivity index (χ1) is 14.4. The number of hydrogen-bond acceptors (Lipinski definition) is 7. The highest BCUT2D eigenvalue weighted by molar-refractivity contribution is 6.43. The van der Waals surface area contributed by atoms with E-state index in [-0.39, 0.29) is 22.3 Å². The Bertz CT molecular complexity index is 1280. The summed E-state index contributed by atoms with van der Waals surface area (Å²) in [4.78, 5) is 23.9. The van der Waals surface area contributed by atoms with Crippen molar-refractivity contribution in [3.63, 3.8) is 0 Å². The molecular formula is C20H14Cl2N6O2. The van der Waals surface area contributed by atoms with E-state index in [0.29, 0.717) is 21.9 Å². The Kier molecular flexibility index (Phi) is 5.35. The van der Waals surface area contributed by atoms with Gasteiger partial charge in [-0.1, -0.05) is 47.5 Å². The maximum Gasteiger partial charge on any atom is 0.353 e. The molecule has 0 aliphatic rings. The highest BCUT2D eigenvalue weighted by atomic mass is 35.5. The lowest BCUT2D eigenvalue weighted by Gasteiger charge is -2.12. The second kappa shape index (κ2) is 8.10. The van der Waals surface area contributed by atoms with Crippen LogP contribution in [-0.2, 0) is 0 Å². The molecule has 4 rings (SSSR count). The van der Waals surface area contributed by atoms with E-state index in [2.05, 4.69) is 25.6 Å². The molecule has 2 aromatic heterocycles. The monoisotopic (exact) mass is 440 g/mol. The number of aromatic nitrogens is 3. The lowest BCUT2D eigenvalue weighted by molar-refractivity contribution is -0.383. The number of para-hydroxylation sites is 1. The van der Waals surface area contributed by atoms with Crippen molar-refractivity contribution in [3.8, 4) is 0 Å². The van der Waals surface area contributed by atoms with Crippen LogP contribution in [0.25, 0.3) is 10.9 Å². The number of aryl methyl sites for hydroxylation is 1. The zero-order valence-electron chi connectivity index (χ0n) is 15.6. The van der Waals surface area contributed by atoms with Gasteiger partial charge in [0, 0.05) is 11.1 Å². The molecular weight excluding hydrogens is 427 g/mol. The number of rotatable bonds is 5. The van der Waals surface area contributed by atoms with Crippen molar-refractivity contribution >= 4 is 62.8 Å². The molecule has 2 aromatic carbocycles. The summed E-state index contributed by atoms with van der Waals surface area (Å²) in [6.07, 6.45) is 1.22. The third kappa shape index (κ3) is 3.83. The first-order valence-corrected chi connectivity index (χ1v) is 9.53. The quantitative estimate of drug-likeness (QED) is 0.287. The SMILES string of the molecule is Cc1ccc2cccc(Nc3ncnc(Nc4cccc(Cl)c4Cl)c3[N+](=O)[O-])c2n1. The van der Waals surface area contributed by atoms with E-state index in [9.17, 15) is 10.1 Å². The summed E-state index contributed by atoms with van der Waals surface area (Å²) in [5.74, 6) is -0.00232. The maximum absolute atomic E-state index is 11.9. The lowest BCUT2D eigenvalue weighted by Crippen LogP contribution is -2.06. The van der Waals surface area contributed by atoms with Gasteiger partial charge in [0.25, 0.3) is 0 Å². The number of hydrogen-bond donors (Lipinski definition) is 2. The molecule has 0 saturated heterocycles. The minimum absolute atomic E-state index is 0.0199. The molecule has 30 heavy (non-hydrogen) atoms. The van der Waals surface area contributed by atoms with E-state index in [0.717, 1.165) is 11.1 Å². The number of halogens is 2. The van der Waals surface area contributed by atoms with Crippen LogP contribution < -0.4 is 10.6 Å². The van der Waals surface area contributed by atoms with Crippen molar-refractivity contribution in [2.24, 2.45) is 0 Å². The highest BCUT2D eigenvalue weighted by Crippen LogP contribution is 2.37. The van der Waals surface area contributed by atoms with Crippen LogP contribution >= 0.6 is 23.2 Å². The molecule has 0 saturated carbocycles. The fourth-order valence-electron chi connectivity index (χ4n) is 2.94. The fourth-order valence-corrected chi connectivity index (χ4v) is 3.28. The van der Waals surface area contributed by atoms with Crippen LogP contribution in [0.3, 0.4) is 0 Å². The smallest absolute Gasteiger partial charge is 0.333 e. The molecule has 0 spiro atoms. The predicted molar refractivity (Wildman–Crippen MR) is 118 cm³/mol. The van der Waals surface area contributed by atoms with Crippen LogP contribution in [0.5, 0.6) is 0 Å². The molecule has 150 valence electrons.